The average molecular weight is 332 g/mol. The van der Waals surface area contributed by atoms with Crippen LogP contribution in [0.2, 0.25) is 0 Å². The maximum atomic E-state index is 5.53. The number of nitrogens with zero attached hydrogens (tertiary/aromatic N) is 4. The van der Waals surface area contributed by atoms with Crippen molar-refractivity contribution in [2.24, 2.45) is 10.9 Å². The van der Waals surface area contributed by atoms with Crippen LogP contribution in [0, 0.1) is 5.92 Å². The Kier molecular flexibility index (Phi) is 5.47. The van der Waals surface area contributed by atoms with Crippen LogP contribution in [0.1, 0.15) is 19.2 Å². The molecule has 2 N–H and O–H groups in total. The molecule has 0 radical (unpaired) electrons. The molecule has 1 atom stereocenters. The summed E-state index contributed by atoms with van der Waals surface area (Å²) in [5, 5.41) is 10.4. The molecule has 3 heterocycles. The van der Waals surface area contributed by atoms with Gasteiger partial charge < -0.3 is 19.4 Å². The quantitative estimate of drug-likeness (QED) is 0.615. The Hall–Kier alpha value is -2.35. The van der Waals surface area contributed by atoms with Crippen LogP contribution < -0.4 is 5.32 Å². The number of aromatic amines is 1. The van der Waals surface area contributed by atoms with Gasteiger partial charge in [0.1, 0.15) is 5.82 Å². The van der Waals surface area contributed by atoms with Crippen molar-refractivity contribution in [3.05, 3.63) is 24.2 Å². The van der Waals surface area contributed by atoms with Gasteiger partial charge in [0.2, 0.25) is 5.82 Å². The summed E-state index contributed by atoms with van der Waals surface area (Å²) in [5.74, 6) is 3.40. The number of guanidine groups is 1. The lowest BCUT2D eigenvalue weighted by Gasteiger charge is -2.21. The maximum Gasteiger partial charge on any atom is 0.216 e. The molecule has 1 fully saturated rings. The van der Waals surface area contributed by atoms with Gasteiger partial charge in [-0.25, -0.2) is 4.98 Å². The van der Waals surface area contributed by atoms with Crippen LogP contribution >= 0.6 is 0 Å². The highest BCUT2D eigenvalue weighted by molar-refractivity contribution is 5.80. The normalized spacial score (nSPS) is 18.3. The average Bonchev–Trinajstić information content (AvgIpc) is 3.34. The molecule has 1 aliphatic rings. The number of H-pyrrole nitrogens is 1. The molecule has 1 unspecified atom stereocenters. The van der Waals surface area contributed by atoms with Crippen molar-refractivity contribution in [1.29, 1.82) is 0 Å². The van der Waals surface area contributed by atoms with Gasteiger partial charge in [0.05, 0.1) is 19.4 Å². The van der Waals surface area contributed by atoms with Gasteiger partial charge in [-0.3, -0.25) is 10.1 Å². The number of aliphatic imine (C=N–C) groups is 1. The second kappa shape index (κ2) is 7.96. The SMILES string of the molecule is CCOCC1CCN(C(=NC)NCc2nc(-c3ccco3)n[nH]2)C1. The first kappa shape index (κ1) is 16.5. The maximum absolute atomic E-state index is 5.53. The van der Waals surface area contributed by atoms with E-state index >= 15 is 0 Å². The highest BCUT2D eigenvalue weighted by Crippen LogP contribution is 2.17. The van der Waals surface area contributed by atoms with E-state index in [1.165, 1.54) is 0 Å². The molecule has 8 heteroatoms. The minimum atomic E-state index is 0.535. The van der Waals surface area contributed by atoms with Crippen molar-refractivity contribution in [1.82, 2.24) is 25.4 Å². The van der Waals surface area contributed by atoms with E-state index in [-0.39, 0.29) is 0 Å². The summed E-state index contributed by atoms with van der Waals surface area (Å²) in [5.41, 5.74) is 0. The zero-order valence-corrected chi connectivity index (χ0v) is 14.2. The van der Waals surface area contributed by atoms with Gasteiger partial charge in [-0.2, -0.15) is 0 Å². The van der Waals surface area contributed by atoms with E-state index < -0.39 is 0 Å². The number of hydrogen-bond acceptors (Lipinski definition) is 5. The Morgan fingerprint density at radius 1 is 1.58 bits per heavy atom. The fraction of sp³-hybridized carbons (Fsp3) is 0.562. The van der Waals surface area contributed by atoms with Crippen molar-refractivity contribution in [3.63, 3.8) is 0 Å². The summed E-state index contributed by atoms with van der Waals surface area (Å²) >= 11 is 0. The lowest BCUT2D eigenvalue weighted by atomic mass is 10.1. The minimum absolute atomic E-state index is 0.535. The lowest BCUT2D eigenvalue weighted by Crippen LogP contribution is -2.40. The lowest BCUT2D eigenvalue weighted by molar-refractivity contribution is 0.114. The molecule has 0 spiro atoms. The standard InChI is InChI=1S/C16H24N6O2/c1-3-23-11-12-6-7-22(10-12)16(17-2)18-9-14-19-15(21-20-14)13-5-4-8-24-13/h4-5,8,12H,3,6-7,9-11H2,1-2H3,(H,17,18)(H,19,20,21). The summed E-state index contributed by atoms with van der Waals surface area (Å²) in [7, 11) is 1.80. The largest absolute Gasteiger partial charge is 0.461 e. The number of hydrogen-bond donors (Lipinski definition) is 2. The van der Waals surface area contributed by atoms with Crippen LogP contribution in [0.25, 0.3) is 11.6 Å². The van der Waals surface area contributed by atoms with E-state index in [0.717, 1.165) is 44.5 Å². The van der Waals surface area contributed by atoms with Gasteiger partial charge in [0.25, 0.3) is 0 Å². The fourth-order valence-electron chi connectivity index (χ4n) is 2.83. The molecule has 0 amide bonds. The van der Waals surface area contributed by atoms with Crippen LogP contribution in [0.4, 0.5) is 0 Å². The predicted molar refractivity (Wildman–Crippen MR) is 90.5 cm³/mol. The van der Waals surface area contributed by atoms with E-state index in [2.05, 4.69) is 30.4 Å². The Morgan fingerprint density at radius 3 is 3.25 bits per heavy atom. The van der Waals surface area contributed by atoms with Crippen LogP contribution in [0.3, 0.4) is 0 Å². The van der Waals surface area contributed by atoms with Crippen molar-refractivity contribution in [2.45, 2.75) is 19.9 Å². The molecule has 2 aromatic heterocycles. The molecule has 0 aromatic carbocycles. The summed E-state index contributed by atoms with van der Waals surface area (Å²) in [6, 6.07) is 3.65. The van der Waals surface area contributed by atoms with Crippen LogP contribution in [0.15, 0.2) is 27.8 Å². The molecule has 1 aliphatic heterocycles. The molecule has 0 bridgehead atoms. The van der Waals surface area contributed by atoms with Gasteiger partial charge in [0.15, 0.2) is 11.7 Å². The number of furan rings is 1. The first-order chi connectivity index (χ1) is 11.8. The van der Waals surface area contributed by atoms with Crippen molar-refractivity contribution in [2.75, 3.05) is 33.4 Å². The van der Waals surface area contributed by atoms with E-state index in [4.69, 9.17) is 9.15 Å². The predicted octanol–water partition coefficient (Wildman–Crippen LogP) is 1.50. The molecule has 1 saturated heterocycles. The minimum Gasteiger partial charge on any atom is -0.461 e. The van der Waals surface area contributed by atoms with Gasteiger partial charge in [0, 0.05) is 32.7 Å². The van der Waals surface area contributed by atoms with E-state index in [1.54, 1.807) is 13.3 Å². The van der Waals surface area contributed by atoms with Gasteiger partial charge >= 0.3 is 0 Å². The Balaban J connectivity index is 1.52. The molecular weight excluding hydrogens is 308 g/mol. The van der Waals surface area contributed by atoms with Crippen LogP contribution in [0.5, 0.6) is 0 Å². The number of rotatable bonds is 6. The van der Waals surface area contributed by atoms with Crippen LogP contribution in [-0.4, -0.2) is 59.4 Å². The molecule has 130 valence electrons. The van der Waals surface area contributed by atoms with Gasteiger partial charge in [-0.1, -0.05) is 0 Å². The van der Waals surface area contributed by atoms with Crippen molar-refractivity contribution >= 4 is 5.96 Å². The molecule has 3 rings (SSSR count). The zero-order chi connectivity index (χ0) is 16.8. The monoisotopic (exact) mass is 332 g/mol. The smallest absolute Gasteiger partial charge is 0.216 e. The third-order valence-electron chi connectivity index (χ3n) is 4.04. The second-order valence-corrected chi connectivity index (χ2v) is 5.74. The first-order valence-electron chi connectivity index (χ1n) is 8.28. The number of likely N-dealkylation sites (tertiary alicyclic amines) is 1. The summed E-state index contributed by atoms with van der Waals surface area (Å²) in [6.45, 7) is 6.11. The van der Waals surface area contributed by atoms with Crippen LogP contribution in [-0.2, 0) is 11.3 Å². The number of aromatic nitrogens is 3. The third-order valence-corrected chi connectivity index (χ3v) is 4.04. The zero-order valence-electron chi connectivity index (χ0n) is 14.2. The molecule has 0 aliphatic carbocycles. The molecule has 8 nitrogen and oxygen atoms in total. The Bertz CT molecular complexity index is 651. The first-order valence-corrected chi connectivity index (χ1v) is 8.28. The third kappa shape index (κ3) is 3.94. The van der Waals surface area contributed by atoms with E-state index in [9.17, 15) is 0 Å². The Morgan fingerprint density at radius 2 is 2.50 bits per heavy atom. The topological polar surface area (TPSA) is 91.6 Å². The van der Waals surface area contributed by atoms with Gasteiger partial charge in [-0.05, 0) is 25.5 Å². The van der Waals surface area contributed by atoms with Gasteiger partial charge in [-0.15, -0.1) is 5.10 Å². The Labute approximate surface area is 141 Å². The fourth-order valence-corrected chi connectivity index (χ4v) is 2.83. The highest BCUT2D eigenvalue weighted by atomic mass is 16.5. The molecule has 24 heavy (non-hydrogen) atoms. The summed E-state index contributed by atoms with van der Waals surface area (Å²) in [6.07, 6.45) is 2.74. The number of nitrogens with one attached hydrogen (secondary N) is 2. The van der Waals surface area contributed by atoms with Crippen molar-refractivity contribution < 1.29 is 9.15 Å². The highest BCUT2D eigenvalue weighted by Gasteiger charge is 2.25. The number of ether oxygens (including phenoxy) is 1. The van der Waals surface area contributed by atoms with E-state index in [1.807, 2.05) is 19.1 Å². The summed E-state index contributed by atoms with van der Waals surface area (Å²) in [4.78, 5) is 11.0. The second-order valence-electron chi connectivity index (χ2n) is 5.74. The summed E-state index contributed by atoms with van der Waals surface area (Å²) < 4.78 is 10.8. The van der Waals surface area contributed by atoms with E-state index in [0.29, 0.717) is 24.0 Å². The molecule has 0 saturated carbocycles. The molecule has 2 aromatic rings. The van der Waals surface area contributed by atoms with Crippen molar-refractivity contribution in [3.8, 4) is 11.6 Å². The molecular formula is C16H24N6O2.